The third-order valence-electron chi connectivity index (χ3n) is 5.87. The molecule has 0 amide bonds. The number of anilines is 1. The van der Waals surface area contributed by atoms with E-state index in [0.29, 0.717) is 67.6 Å². The van der Waals surface area contributed by atoms with Crippen molar-refractivity contribution >= 4 is 27.6 Å². The standard InChI is InChI=1S/C27H27FN6O4/c1-36-12-13-37-14-15-38-21-17-23-27(31-18-21)22(6-8-29-23)30-9-11-34-26(35)5-4-25(32-34)33-10-7-19-2-3-20(28)16-24(19)33/h2-8,10,16-18H,9,11-15H2,1H3,(H,29,30). The Bertz CT molecular complexity index is 1600. The summed E-state index contributed by atoms with van der Waals surface area (Å²) in [6.45, 7) is 2.63. The smallest absolute Gasteiger partial charge is 0.266 e. The molecule has 10 nitrogen and oxygen atoms in total. The van der Waals surface area contributed by atoms with Crippen LogP contribution in [0.5, 0.6) is 5.75 Å². The summed E-state index contributed by atoms with van der Waals surface area (Å²) < 4.78 is 33.0. The van der Waals surface area contributed by atoms with Crippen LogP contribution in [0.25, 0.3) is 27.8 Å². The number of hydrogen-bond acceptors (Lipinski definition) is 8. The Kier molecular flexibility index (Phi) is 7.86. The van der Waals surface area contributed by atoms with Gasteiger partial charge < -0.3 is 19.5 Å². The van der Waals surface area contributed by atoms with Crippen molar-refractivity contribution in [2.24, 2.45) is 0 Å². The van der Waals surface area contributed by atoms with Crippen LogP contribution in [0.1, 0.15) is 0 Å². The normalized spacial score (nSPS) is 11.3. The number of rotatable bonds is 12. The van der Waals surface area contributed by atoms with Gasteiger partial charge in [-0.05, 0) is 36.4 Å². The van der Waals surface area contributed by atoms with Crippen molar-refractivity contribution in [1.82, 2.24) is 24.3 Å². The van der Waals surface area contributed by atoms with Gasteiger partial charge in [0, 0.05) is 43.6 Å². The van der Waals surface area contributed by atoms with E-state index in [1.807, 2.05) is 18.2 Å². The van der Waals surface area contributed by atoms with E-state index in [-0.39, 0.29) is 11.4 Å². The molecule has 0 atom stereocenters. The molecule has 5 aromatic rings. The molecule has 0 aliphatic heterocycles. The predicted octanol–water partition coefficient (Wildman–Crippen LogP) is 3.42. The van der Waals surface area contributed by atoms with E-state index in [4.69, 9.17) is 14.2 Å². The van der Waals surface area contributed by atoms with Crippen LogP contribution in [-0.2, 0) is 16.0 Å². The van der Waals surface area contributed by atoms with Crippen LogP contribution < -0.4 is 15.6 Å². The van der Waals surface area contributed by atoms with Crippen LogP contribution in [0.2, 0.25) is 0 Å². The molecule has 196 valence electrons. The number of methoxy groups -OCH3 is 1. The second-order valence-corrected chi connectivity index (χ2v) is 8.42. The van der Waals surface area contributed by atoms with E-state index in [1.165, 1.54) is 22.9 Å². The Morgan fingerprint density at radius 3 is 2.79 bits per heavy atom. The highest BCUT2D eigenvalue weighted by molar-refractivity contribution is 5.87. The van der Waals surface area contributed by atoms with E-state index in [2.05, 4.69) is 20.4 Å². The van der Waals surface area contributed by atoms with Crippen molar-refractivity contribution in [2.45, 2.75) is 6.54 Å². The summed E-state index contributed by atoms with van der Waals surface area (Å²) in [6, 6.07) is 13.2. The van der Waals surface area contributed by atoms with Gasteiger partial charge in [-0.1, -0.05) is 0 Å². The molecule has 0 aliphatic carbocycles. The number of hydrogen-bond donors (Lipinski definition) is 1. The summed E-state index contributed by atoms with van der Waals surface area (Å²) in [5, 5.41) is 8.69. The maximum atomic E-state index is 13.8. The van der Waals surface area contributed by atoms with Gasteiger partial charge >= 0.3 is 0 Å². The van der Waals surface area contributed by atoms with Crippen LogP contribution in [0, 0.1) is 5.82 Å². The summed E-state index contributed by atoms with van der Waals surface area (Å²) in [5.41, 5.74) is 2.59. The van der Waals surface area contributed by atoms with Crippen LogP contribution in [0.3, 0.4) is 0 Å². The SMILES string of the molecule is COCCOCCOc1cnc2c(NCCn3nc(-n4ccc5ccc(F)cc54)ccc3=O)ccnc2c1. The molecular formula is C27H27FN6O4. The lowest BCUT2D eigenvalue weighted by molar-refractivity contribution is 0.0544. The first-order valence-corrected chi connectivity index (χ1v) is 12.2. The molecule has 0 bridgehead atoms. The van der Waals surface area contributed by atoms with Gasteiger partial charge in [0.05, 0.1) is 49.3 Å². The molecule has 0 fully saturated rings. The molecule has 38 heavy (non-hydrogen) atoms. The summed E-state index contributed by atoms with van der Waals surface area (Å²) in [6.07, 6.45) is 5.14. The Labute approximate surface area is 217 Å². The second kappa shape index (κ2) is 11.8. The minimum Gasteiger partial charge on any atom is -0.489 e. The number of halogens is 1. The average Bonchev–Trinajstić information content (AvgIpc) is 3.34. The van der Waals surface area contributed by atoms with Crippen molar-refractivity contribution in [3.63, 3.8) is 0 Å². The zero-order valence-electron chi connectivity index (χ0n) is 20.8. The number of pyridine rings is 2. The van der Waals surface area contributed by atoms with Crippen molar-refractivity contribution in [3.05, 3.63) is 83.3 Å². The van der Waals surface area contributed by atoms with E-state index < -0.39 is 0 Å². The van der Waals surface area contributed by atoms with Gasteiger partial charge in [-0.2, -0.15) is 5.10 Å². The molecule has 1 aromatic carbocycles. The molecule has 1 N–H and O–H groups in total. The first kappa shape index (κ1) is 25.3. The van der Waals surface area contributed by atoms with Crippen LogP contribution in [0.4, 0.5) is 10.1 Å². The number of fused-ring (bicyclic) bond motifs is 2. The molecule has 0 unspecified atom stereocenters. The Morgan fingerprint density at radius 2 is 1.89 bits per heavy atom. The monoisotopic (exact) mass is 518 g/mol. The predicted molar refractivity (Wildman–Crippen MR) is 142 cm³/mol. The first-order chi connectivity index (χ1) is 18.6. The highest BCUT2D eigenvalue weighted by Crippen LogP contribution is 2.23. The molecule has 5 rings (SSSR count). The Hall–Kier alpha value is -4.35. The number of nitrogens with one attached hydrogen (secondary N) is 1. The first-order valence-electron chi connectivity index (χ1n) is 12.2. The van der Waals surface area contributed by atoms with E-state index >= 15 is 0 Å². The molecule has 0 saturated heterocycles. The van der Waals surface area contributed by atoms with Crippen molar-refractivity contribution < 1.29 is 18.6 Å². The third-order valence-corrected chi connectivity index (χ3v) is 5.87. The molecule has 0 saturated carbocycles. The fourth-order valence-electron chi connectivity index (χ4n) is 4.02. The van der Waals surface area contributed by atoms with Crippen molar-refractivity contribution in [1.29, 1.82) is 0 Å². The lowest BCUT2D eigenvalue weighted by Gasteiger charge is -2.12. The molecular weight excluding hydrogens is 491 g/mol. The van der Waals surface area contributed by atoms with Gasteiger partial charge in [-0.15, -0.1) is 0 Å². The number of nitrogens with zero attached hydrogens (tertiary/aromatic N) is 5. The number of benzene rings is 1. The minimum absolute atomic E-state index is 0.233. The van der Waals surface area contributed by atoms with Gasteiger partial charge in [-0.25, -0.2) is 14.1 Å². The minimum atomic E-state index is -0.334. The lowest BCUT2D eigenvalue weighted by atomic mass is 10.2. The summed E-state index contributed by atoms with van der Waals surface area (Å²) in [7, 11) is 1.63. The highest BCUT2D eigenvalue weighted by Gasteiger charge is 2.09. The maximum absolute atomic E-state index is 13.8. The molecule has 4 aromatic heterocycles. The molecule has 0 spiro atoms. The molecule has 0 aliphatic rings. The summed E-state index contributed by atoms with van der Waals surface area (Å²) in [4.78, 5) is 21.4. The van der Waals surface area contributed by atoms with Crippen LogP contribution >= 0.6 is 0 Å². The van der Waals surface area contributed by atoms with Gasteiger partial charge in [0.25, 0.3) is 5.56 Å². The van der Waals surface area contributed by atoms with Gasteiger partial charge in [0.2, 0.25) is 0 Å². The zero-order chi connectivity index (χ0) is 26.3. The van der Waals surface area contributed by atoms with Gasteiger partial charge in [-0.3, -0.25) is 14.3 Å². The fourth-order valence-corrected chi connectivity index (χ4v) is 4.02. The van der Waals surface area contributed by atoms with E-state index in [0.717, 1.165) is 11.1 Å². The number of ether oxygens (including phenoxy) is 3. The molecule has 0 radical (unpaired) electrons. The topological polar surface area (TPSA) is 105 Å². The largest absolute Gasteiger partial charge is 0.489 e. The van der Waals surface area contributed by atoms with E-state index in [1.54, 1.807) is 42.4 Å². The Balaban J connectivity index is 1.24. The molecule has 4 heterocycles. The van der Waals surface area contributed by atoms with Gasteiger partial charge in [0.15, 0.2) is 5.82 Å². The fraction of sp³-hybridized carbons (Fsp3) is 0.259. The average molecular weight is 519 g/mol. The van der Waals surface area contributed by atoms with Crippen LogP contribution in [-0.4, -0.2) is 64.4 Å². The lowest BCUT2D eigenvalue weighted by Crippen LogP contribution is -2.26. The van der Waals surface area contributed by atoms with Gasteiger partial charge in [0.1, 0.15) is 23.7 Å². The van der Waals surface area contributed by atoms with Crippen LogP contribution in [0.15, 0.2) is 71.9 Å². The quantitative estimate of drug-likeness (QED) is 0.251. The summed E-state index contributed by atoms with van der Waals surface area (Å²) >= 11 is 0. The second-order valence-electron chi connectivity index (χ2n) is 8.42. The Morgan fingerprint density at radius 1 is 1.00 bits per heavy atom. The van der Waals surface area contributed by atoms with Crippen molar-refractivity contribution in [3.8, 4) is 11.6 Å². The maximum Gasteiger partial charge on any atom is 0.266 e. The van der Waals surface area contributed by atoms with E-state index in [9.17, 15) is 9.18 Å². The third kappa shape index (κ3) is 5.79. The summed E-state index contributed by atoms with van der Waals surface area (Å²) in [5.74, 6) is 0.791. The number of aromatic nitrogens is 5. The zero-order valence-corrected chi connectivity index (χ0v) is 20.8. The highest BCUT2D eigenvalue weighted by atomic mass is 19.1. The molecule has 11 heteroatoms. The van der Waals surface area contributed by atoms with Crippen molar-refractivity contribution in [2.75, 3.05) is 45.4 Å².